The Hall–Kier alpha value is -1.26. The number of aromatic nitrogens is 2. The largest absolute Gasteiger partial charge is 0.308 e. The fraction of sp³-hybridized carbons (Fsp3) is 0.467. The van der Waals surface area contributed by atoms with E-state index >= 15 is 0 Å². The molecule has 1 aliphatic rings. The van der Waals surface area contributed by atoms with Crippen molar-refractivity contribution in [3.8, 4) is 0 Å². The topological polar surface area (TPSA) is 37.8 Å². The van der Waals surface area contributed by atoms with Crippen LogP contribution in [0.1, 0.15) is 47.7 Å². The molecule has 4 heteroatoms. The molecule has 2 aromatic rings. The van der Waals surface area contributed by atoms with Crippen LogP contribution in [0.3, 0.4) is 0 Å². The van der Waals surface area contributed by atoms with E-state index in [0.717, 1.165) is 11.6 Å². The second-order valence-corrected chi connectivity index (χ2v) is 6.52. The lowest BCUT2D eigenvalue weighted by atomic mass is 10.1. The Bertz CT molecular complexity index is 535. The quantitative estimate of drug-likeness (QED) is 0.908. The van der Waals surface area contributed by atoms with Crippen molar-refractivity contribution in [1.82, 2.24) is 15.5 Å². The van der Waals surface area contributed by atoms with E-state index in [-0.39, 0.29) is 0 Å². The third-order valence-corrected chi connectivity index (χ3v) is 4.53. The number of nitrogens with one attached hydrogen (secondary N) is 1. The molecule has 1 fully saturated rings. The van der Waals surface area contributed by atoms with Crippen LogP contribution < -0.4 is 5.32 Å². The van der Waals surface area contributed by atoms with Crippen LogP contribution in [-0.4, -0.2) is 16.2 Å². The molecule has 19 heavy (non-hydrogen) atoms. The van der Waals surface area contributed by atoms with Crippen molar-refractivity contribution < 1.29 is 0 Å². The normalized spacial score (nSPS) is 21.8. The lowest BCUT2D eigenvalue weighted by Crippen LogP contribution is -2.21. The van der Waals surface area contributed by atoms with Gasteiger partial charge in [0.25, 0.3) is 0 Å². The Morgan fingerprint density at radius 2 is 2.00 bits per heavy atom. The fourth-order valence-electron chi connectivity index (χ4n) is 2.32. The highest BCUT2D eigenvalue weighted by molar-refractivity contribution is 7.11. The Kier molecular flexibility index (Phi) is 3.62. The van der Waals surface area contributed by atoms with Crippen LogP contribution in [0.4, 0.5) is 0 Å². The van der Waals surface area contributed by atoms with Crippen molar-refractivity contribution >= 4 is 11.3 Å². The van der Waals surface area contributed by atoms with Crippen molar-refractivity contribution in [2.24, 2.45) is 0 Å². The minimum absolute atomic E-state index is 0.491. The molecule has 0 radical (unpaired) electrons. The van der Waals surface area contributed by atoms with Crippen molar-refractivity contribution in [2.75, 3.05) is 0 Å². The summed E-state index contributed by atoms with van der Waals surface area (Å²) in [5.74, 6) is 1.24. The Morgan fingerprint density at radius 3 is 2.74 bits per heavy atom. The molecule has 1 heterocycles. The first kappa shape index (κ1) is 12.8. The molecule has 3 nitrogen and oxygen atoms in total. The van der Waals surface area contributed by atoms with E-state index in [1.54, 1.807) is 11.3 Å². The standard InChI is InChI=1S/C15H19N3S/c1-10(2)16-9-14-17-18-15(19-14)13-8-12(13)11-6-4-3-5-7-11/h3-7,10,12-13,16H,8-9H2,1-2H3. The van der Waals surface area contributed by atoms with E-state index in [2.05, 4.69) is 59.7 Å². The summed E-state index contributed by atoms with van der Waals surface area (Å²) >= 11 is 1.76. The Balaban J connectivity index is 1.63. The van der Waals surface area contributed by atoms with Gasteiger partial charge in [0.1, 0.15) is 10.0 Å². The predicted molar refractivity (Wildman–Crippen MR) is 78.4 cm³/mol. The molecule has 0 spiro atoms. The van der Waals surface area contributed by atoms with E-state index in [9.17, 15) is 0 Å². The molecular formula is C15H19N3S. The third-order valence-electron chi connectivity index (χ3n) is 3.48. The minimum Gasteiger partial charge on any atom is -0.308 e. The lowest BCUT2D eigenvalue weighted by Gasteiger charge is -2.03. The van der Waals surface area contributed by atoms with Gasteiger partial charge in [0.05, 0.1) is 0 Å². The number of benzene rings is 1. The Morgan fingerprint density at radius 1 is 1.21 bits per heavy atom. The molecule has 0 amide bonds. The van der Waals surface area contributed by atoms with Crippen LogP contribution in [0, 0.1) is 0 Å². The van der Waals surface area contributed by atoms with E-state index in [0.29, 0.717) is 17.9 Å². The van der Waals surface area contributed by atoms with E-state index in [4.69, 9.17) is 0 Å². The lowest BCUT2D eigenvalue weighted by molar-refractivity contribution is 0.584. The number of nitrogens with zero attached hydrogens (tertiary/aromatic N) is 2. The molecular weight excluding hydrogens is 254 g/mol. The van der Waals surface area contributed by atoms with E-state index < -0.39 is 0 Å². The Labute approximate surface area is 118 Å². The van der Waals surface area contributed by atoms with E-state index in [1.807, 2.05) is 0 Å². The maximum atomic E-state index is 4.36. The van der Waals surface area contributed by atoms with Gasteiger partial charge in [-0.2, -0.15) is 0 Å². The first-order chi connectivity index (χ1) is 9.24. The van der Waals surface area contributed by atoms with Gasteiger partial charge in [-0.25, -0.2) is 0 Å². The van der Waals surface area contributed by atoms with E-state index in [1.165, 1.54) is 17.0 Å². The maximum absolute atomic E-state index is 4.36. The molecule has 1 saturated carbocycles. The van der Waals surface area contributed by atoms with Gasteiger partial charge in [-0.05, 0) is 17.9 Å². The van der Waals surface area contributed by atoms with Crippen LogP contribution in [0.25, 0.3) is 0 Å². The van der Waals surface area contributed by atoms with Crippen LogP contribution in [0.2, 0.25) is 0 Å². The number of hydrogen-bond donors (Lipinski definition) is 1. The minimum atomic E-state index is 0.491. The third kappa shape index (κ3) is 3.01. The van der Waals surface area contributed by atoms with Gasteiger partial charge in [-0.15, -0.1) is 10.2 Å². The molecule has 0 saturated heterocycles. The zero-order valence-corrected chi connectivity index (χ0v) is 12.2. The number of hydrogen-bond acceptors (Lipinski definition) is 4. The van der Waals surface area contributed by atoms with Gasteiger partial charge in [-0.3, -0.25) is 0 Å². The van der Waals surface area contributed by atoms with Crippen LogP contribution >= 0.6 is 11.3 Å². The smallest absolute Gasteiger partial charge is 0.131 e. The first-order valence-corrected chi connectivity index (χ1v) is 7.66. The molecule has 0 bridgehead atoms. The van der Waals surface area contributed by atoms with Crippen LogP contribution in [0.15, 0.2) is 30.3 Å². The summed E-state index contributed by atoms with van der Waals surface area (Å²) in [6, 6.07) is 11.2. The highest BCUT2D eigenvalue weighted by Crippen LogP contribution is 2.55. The van der Waals surface area contributed by atoms with Crippen molar-refractivity contribution in [2.45, 2.75) is 44.7 Å². The second kappa shape index (κ2) is 5.39. The molecule has 2 atom stereocenters. The van der Waals surface area contributed by atoms with Crippen molar-refractivity contribution in [1.29, 1.82) is 0 Å². The zero-order valence-electron chi connectivity index (χ0n) is 11.3. The predicted octanol–water partition coefficient (Wildman–Crippen LogP) is 3.31. The molecule has 0 aliphatic heterocycles. The summed E-state index contributed by atoms with van der Waals surface area (Å²) in [6.45, 7) is 5.13. The van der Waals surface area contributed by atoms with Gasteiger partial charge in [0.2, 0.25) is 0 Å². The average Bonchev–Trinajstić information content (AvgIpc) is 3.09. The summed E-state index contributed by atoms with van der Waals surface area (Å²) in [7, 11) is 0. The molecule has 2 unspecified atom stereocenters. The van der Waals surface area contributed by atoms with Gasteiger partial charge in [0, 0.05) is 18.5 Å². The van der Waals surface area contributed by atoms with Gasteiger partial charge >= 0.3 is 0 Å². The second-order valence-electron chi connectivity index (χ2n) is 5.43. The molecule has 3 rings (SSSR count). The summed E-state index contributed by atoms with van der Waals surface area (Å²) in [5.41, 5.74) is 1.43. The SMILES string of the molecule is CC(C)NCc1nnc(C2CC2c2ccccc2)s1. The van der Waals surface area contributed by atoms with Crippen molar-refractivity contribution in [3.63, 3.8) is 0 Å². The van der Waals surface area contributed by atoms with Gasteiger partial charge in [-0.1, -0.05) is 55.5 Å². The average molecular weight is 273 g/mol. The van der Waals surface area contributed by atoms with Crippen LogP contribution in [-0.2, 0) is 6.54 Å². The fourth-order valence-corrected chi connectivity index (χ4v) is 3.29. The number of rotatable bonds is 5. The zero-order chi connectivity index (χ0) is 13.2. The molecule has 1 aromatic carbocycles. The highest BCUT2D eigenvalue weighted by atomic mass is 32.1. The molecule has 1 N–H and O–H groups in total. The van der Waals surface area contributed by atoms with Crippen molar-refractivity contribution in [3.05, 3.63) is 45.9 Å². The summed E-state index contributed by atoms with van der Waals surface area (Å²) in [5, 5.41) is 14.3. The van der Waals surface area contributed by atoms with Gasteiger partial charge in [0.15, 0.2) is 0 Å². The summed E-state index contributed by atoms with van der Waals surface area (Å²) in [4.78, 5) is 0. The summed E-state index contributed by atoms with van der Waals surface area (Å²) in [6.07, 6.45) is 1.22. The monoisotopic (exact) mass is 273 g/mol. The summed E-state index contributed by atoms with van der Waals surface area (Å²) < 4.78 is 0. The van der Waals surface area contributed by atoms with Crippen LogP contribution in [0.5, 0.6) is 0 Å². The highest BCUT2D eigenvalue weighted by Gasteiger charge is 2.41. The molecule has 100 valence electrons. The molecule has 1 aromatic heterocycles. The first-order valence-electron chi connectivity index (χ1n) is 6.84. The molecule has 1 aliphatic carbocycles. The van der Waals surface area contributed by atoms with Gasteiger partial charge < -0.3 is 5.32 Å². The maximum Gasteiger partial charge on any atom is 0.131 e.